The molecule has 2 amide bonds. The molecule has 1 aliphatic carbocycles. The Labute approximate surface area is 385 Å². The molecule has 0 saturated carbocycles. The van der Waals surface area contributed by atoms with E-state index in [0.29, 0.717) is 10.7 Å². The number of amides is 2. The summed E-state index contributed by atoms with van der Waals surface area (Å²) in [6.07, 6.45) is -6.09. The fraction of sp³-hybridized carbons (Fsp3) is 0.432. The van der Waals surface area contributed by atoms with Crippen molar-refractivity contribution in [3.05, 3.63) is 93.0 Å². The Hall–Kier alpha value is -5.92. The van der Waals surface area contributed by atoms with Gasteiger partial charge in [0.25, 0.3) is 5.92 Å². The van der Waals surface area contributed by atoms with Gasteiger partial charge in [0.05, 0.1) is 47.1 Å². The molecule has 1 fully saturated rings. The summed E-state index contributed by atoms with van der Waals surface area (Å²) in [6.45, 7) is 6.70. The first-order valence-electron chi connectivity index (χ1n) is 20.7. The fourth-order valence-corrected chi connectivity index (χ4v) is 8.92. The summed E-state index contributed by atoms with van der Waals surface area (Å²) in [6, 6.07) is 7.13. The van der Waals surface area contributed by atoms with Crippen molar-refractivity contribution in [3.8, 4) is 23.0 Å². The van der Waals surface area contributed by atoms with E-state index in [1.165, 1.54) is 41.8 Å². The molecule has 67 heavy (non-hydrogen) atoms. The highest BCUT2D eigenvalue weighted by Gasteiger charge is 2.57. The van der Waals surface area contributed by atoms with E-state index in [2.05, 4.69) is 32.1 Å². The molecule has 0 bridgehead atoms. The minimum absolute atomic E-state index is 0.0214. The summed E-state index contributed by atoms with van der Waals surface area (Å²) in [5, 5.41) is 10.7. The number of carbonyl (C=O) groups is 2. The number of aryl methyl sites for hydroxylation is 1. The second-order valence-corrected chi connectivity index (χ2v) is 19.6. The Morgan fingerprint density at radius 2 is 1.72 bits per heavy atom. The van der Waals surface area contributed by atoms with Crippen molar-refractivity contribution in [2.24, 2.45) is 13.0 Å². The summed E-state index contributed by atoms with van der Waals surface area (Å²) < 4.78 is 144. The first-order valence-corrected chi connectivity index (χ1v) is 22.9. The number of nitrogens with one attached hydrogen (secondary N) is 2. The average Bonchev–Trinajstić information content (AvgIpc) is 3.81. The molecule has 5 aromatic rings. The molecule has 358 valence electrons. The summed E-state index contributed by atoms with van der Waals surface area (Å²) in [5.74, 6) is -4.07. The molecule has 3 aromatic heterocycles. The number of carbonyl (C=O) groups excluding carboxylic acids is 2. The lowest BCUT2D eigenvalue weighted by molar-refractivity contribution is -0.143. The van der Waals surface area contributed by atoms with Gasteiger partial charge in [-0.25, -0.2) is 27.0 Å². The number of halogens is 8. The van der Waals surface area contributed by atoms with Crippen LogP contribution in [0.1, 0.15) is 80.5 Å². The van der Waals surface area contributed by atoms with Gasteiger partial charge in [-0.2, -0.15) is 32.1 Å². The lowest BCUT2D eigenvalue weighted by atomic mass is 9.93. The maximum absolute atomic E-state index is 15.7. The van der Waals surface area contributed by atoms with Crippen molar-refractivity contribution in [3.63, 3.8) is 0 Å². The number of benzene rings is 2. The summed E-state index contributed by atoms with van der Waals surface area (Å²) in [5.41, 5.74) is -3.44. The number of aromatic nitrogens is 5. The highest BCUT2D eigenvalue weighted by Crippen LogP contribution is 2.55. The van der Waals surface area contributed by atoms with Crippen LogP contribution in [-0.2, 0) is 56.4 Å². The average molecular weight is 981 g/mol. The maximum atomic E-state index is 15.7. The van der Waals surface area contributed by atoms with E-state index in [1.54, 1.807) is 26.8 Å². The van der Waals surface area contributed by atoms with Gasteiger partial charge < -0.3 is 19.7 Å². The molecule has 7 rings (SSSR count). The summed E-state index contributed by atoms with van der Waals surface area (Å²) in [7, 11) is -2.39. The van der Waals surface area contributed by atoms with Crippen molar-refractivity contribution < 1.29 is 58.2 Å². The molecule has 1 aliphatic heterocycles. The zero-order valence-corrected chi connectivity index (χ0v) is 38.5. The van der Waals surface area contributed by atoms with E-state index in [1.807, 2.05) is 0 Å². The van der Waals surface area contributed by atoms with Crippen LogP contribution in [0.5, 0.6) is 0 Å². The molecule has 4 heterocycles. The van der Waals surface area contributed by atoms with Crippen LogP contribution >= 0.6 is 11.6 Å². The molecule has 4 atom stereocenters. The van der Waals surface area contributed by atoms with Crippen LogP contribution < -0.4 is 10.0 Å². The topological polar surface area (TPSA) is 163 Å². The number of rotatable bonds is 9. The molecule has 2 N–H and O–H groups in total. The van der Waals surface area contributed by atoms with Crippen LogP contribution in [0, 0.1) is 29.4 Å². The van der Waals surface area contributed by atoms with Gasteiger partial charge in [-0.1, -0.05) is 37.4 Å². The maximum Gasteiger partial charge on any atom is 0.435 e. The minimum atomic E-state index is -5.15. The Morgan fingerprint density at radius 3 is 2.36 bits per heavy atom. The second-order valence-electron chi connectivity index (χ2n) is 17.4. The number of hydrogen-bond acceptors (Lipinski definition) is 9. The Bertz CT molecular complexity index is 2940. The summed E-state index contributed by atoms with van der Waals surface area (Å²) in [4.78, 5) is 33.3. The molecule has 0 radical (unpaired) electrons. The third-order valence-corrected chi connectivity index (χ3v) is 12.1. The van der Waals surface area contributed by atoms with Crippen LogP contribution in [0.4, 0.5) is 41.3 Å². The quantitative estimate of drug-likeness (QED) is 0.110. The molecule has 0 spiro atoms. The largest absolute Gasteiger partial charge is 0.444 e. The fourth-order valence-electron chi connectivity index (χ4n) is 8.18. The van der Waals surface area contributed by atoms with Crippen molar-refractivity contribution in [1.82, 2.24) is 34.8 Å². The molecule has 23 heteroatoms. The molecule has 1 saturated heterocycles. The molecular weight excluding hydrogens is 937 g/mol. The lowest BCUT2D eigenvalue weighted by Gasteiger charge is -2.32. The van der Waals surface area contributed by atoms with Gasteiger partial charge >= 0.3 is 12.3 Å². The standard InChI is InChI=1S/C44H44ClF7N8O6S/c1-22-23(2)43(48,49)39-34(22)38(44(50,51)52)55-60(39)21-33(61)54-32(18-24-16-25(46)19-26(47)17-24)36-29(30-12-13-31(45)35-37(30)58(6)56-40(35)57-67(7,63)64)11-9-27(53-36)8-10-28-20-59(14-15-65-28)41(62)66-42(3,4)5/h9,11-13,16-17,19,22-23,28,32H,14-15,18,20-21H2,1-7H3,(H,54,61)(H,56,57)/t22-,23+,28?,32-/m0/s1. The number of hydrogen-bond donors (Lipinski definition) is 2. The third kappa shape index (κ3) is 10.5. The van der Waals surface area contributed by atoms with Gasteiger partial charge in [-0.05, 0) is 74.9 Å². The number of ether oxygens (including phenoxy) is 2. The third-order valence-electron chi connectivity index (χ3n) is 11.2. The van der Waals surface area contributed by atoms with E-state index >= 15 is 8.78 Å². The number of sulfonamides is 1. The van der Waals surface area contributed by atoms with Gasteiger partial charge in [0, 0.05) is 42.3 Å². The number of anilines is 1. The minimum Gasteiger partial charge on any atom is -0.444 e. The number of nitrogens with zero attached hydrogens (tertiary/aromatic N) is 6. The predicted octanol–water partition coefficient (Wildman–Crippen LogP) is 8.09. The van der Waals surface area contributed by atoms with E-state index in [9.17, 15) is 40.0 Å². The van der Waals surface area contributed by atoms with Crippen molar-refractivity contribution in [2.75, 3.05) is 30.7 Å². The zero-order chi connectivity index (χ0) is 49.1. The monoisotopic (exact) mass is 980 g/mol. The Morgan fingerprint density at radius 1 is 1.04 bits per heavy atom. The Kier molecular flexibility index (Phi) is 13.1. The molecule has 1 unspecified atom stereocenters. The van der Waals surface area contributed by atoms with Crippen LogP contribution in [0.3, 0.4) is 0 Å². The van der Waals surface area contributed by atoms with Crippen LogP contribution in [0.15, 0.2) is 42.5 Å². The smallest absolute Gasteiger partial charge is 0.435 e. The molecule has 2 aliphatic rings. The van der Waals surface area contributed by atoms with Gasteiger partial charge in [0.1, 0.15) is 41.3 Å². The number of morpholine rings is 1. The summed E-state index contributed by atoms with van der Waals surface area (Å²) >= 11 is 6.63. The van der Waals surface area contributed by atoms with E-state index in [0.717, 1.165) is 25.3 Å². The number of alkyl halides is 5. The van der Waals surface area contributed by atoms with E-state index in [4.69, 9.17) is 26.1 Å². The van der Waals surface area contributed by atoms with Crippen molar-refractivity contribution >= 4 is 50.3 Å². The highest BCUT2D eigenvalue weighted by atomic mass is 35.5. The first kappa shape index (κ1) is 49.0. The van der Waals surface area contributed by atoms with Gasteiger partial charge in [-0.3, -0.25) is 18.9 Å². The molecule has 2 aromatic carbocycles. The highest BCUT2D eigenvalue weighted by molar-refractivity contribution is 7.92. The predicted molar refractivity (Wildman–Crippen MR) is 231 cm³/mol. The van der Waals surface area contributed by atoms with E-state index in [-0.39, 0.29) is 69.5 Å². The molecular formula is C44H44ClF7N8O6S. The SMILES string of the molecule is C[C@@H]1c2c(C(F)(F)F)nn(CC(=O)N[C@@H](Cc3cc(F)cc(F)c3)c3nc(C#CC4CN(C(=O)OC(C)(C)C)CCO4)ccc3-c3ccc(Cl)c4c(NS(C)(=O)=O)nn(C)c34)c2C(F)(F)[C@@H]1C. The van der Waals surface area contributed by atoms with Gasteiger partial charge in [0.2, 0.25) is 15.9 Å². The van der Waals surface area contributed by atoms with Crippen molar-refractivity contribution in [2.45, 2.75) is 83.3 Å². The van der Waals surface area contributed by atoms with E-state index < -0.39 is 105 Å². The zero-order valence-electron chi connectivity index (χ0n) is 37.0. The number of fused-ring (bicyclic) bond motifs is 2. The van der Waals surface area contributed by atoms with Crippen LogP contribution in [0.2, 0.25) is 5.02 Å². The second kappa shape index (κ2) is 18.0. The normalized spacial score (nSPS) is 18.9. The van der Waals surface area contributed by atoms with Gasteiger partial charge in [0.15, 0.2) is 11.5 Å². The molecule has 14 nitrogen and oxygen atoms in total. The van der Waals surface area contributed by atoms with Crippen LogP contribution in [-0.4, -0.2) is 87.5 Å². The lowest BCUT2D eigenvalue weighted by Crippen LogP contribution is -2.47. The van der Waals surface area contributed by atoms with Crippen LogP contribution in [0.25, 0.3) is 22.0 Å². The first-order chi connectivity index (χ1) is 31.1. The Balaban J connectivity index is 1.37. The number of pyridine rings is 1. The van der Waals surface area contributed by atoms with Crippen molar-refractivity contribution in [1.29, 1.82) is 0 Å². The van der Waals surface area contributed by atoms with Gasteiger partial charge in [-0.15, -0.1) is 0 Å².